The third kappa shape index (κ3) is 2.54. The van der Waals surface area contributed by atoms with Gasteiger partial charge in [-0.2, -0.15) is 5.10 Å². The number of carbonyl (C=O) groups is 1. The molecule has 126 valence electrons. The summed E-state index contributed by atoms with van der Waals surface area (Å²) in [5, 5.41) is 9.35. The molecule has 1 amide bonds. The third-order valence-corrected chi connectivity index (χ3v) is 4.05. The summed E-state index contributed by atoms with van der Waals surface area (Å²) in [5.41, 5.74) is 2.07. The molecule has 0 aliphatic heterocycles. The number of halogens is 3. The molecule has 0 fully saturated rings. The SMILES string of the molecule is O=C(Nc1cn2cc(-c3c(Cl)c(F)cc4[nH]ncc34)ccc2n1)OF. The predicted molar refractivity (Wildman–Crippen MR) is 86.5 cm³/mol. The van der Waals surface area contributed by atoms with Crippen LogP contribution in [0.5, 0.6) is 0 Å². The summed E-state index contributed by atoms with van der Waals surface area (Å²) in [4.78, 5) is 18.0. The predicted octanol–water partition coefficient (Wildman–Crippen LogP) is 4.10. The van der Waals surface area contributed by atoms with Gasteiger partial charge in [-0.15, -0.1) is 0 Å². The second-order valence-corrected chi connectivity index (χ2v) is 5.56. The zero-order chi connectivity index (χ0) is 17.6. The van der Waals surface area contributed by atoms with Crippen LogP contribution in [0.3, 0.4) is 0 Å². The van der Waals surface area contributed by atoms with Crippen LogP contribution in [0, 0.1) is 5.82 Å². The van der Waals surface area contributed by atoms with Gasteiger partial charge in [0.05, 0.1) is 22.9 Å². The Hall–Kier alpha value is -3.20. The Morgan fingerprint density at radius 1 is 1.36 bits per heavy atom. The molecule has 1 aromatic carbocycles. The molecule has 0 saturated heterocycles. The molecular formula is C15H8ClF2N5O2. The number of fused-ring (bicyclic) bond motifs is 2. The van der Waals surface area contributed by atoms with Crippen molar-refractivity contribution in [2.75, 3.05) is 5.32 Å². The first-order chi connectivity index (χ1) is 12.1. The van der Waals surface area contributed by atoms with Gasteiger partial charge in [-0.3, -0.25) is 10.4 Å². The normalized spacial score (nSPS) is 11.2. The fourth-order valence-electron chi connectivity index (χ4n) is 2.64. The molecule has 0 bridgehead atoms. The molecule has 0 saturated carbocycles. The Bertz CT molecular complexity index is 1120. The number of aromatic amines is 1. The number of hydrogen-bond donors (Lipinski definition) is 2. The van der Waals surface area contributed by atoms with E-state index in [0.717, 1.165) is 0 Å². The van der Waals surface area contributed by atoms with Crippen molar-refractivity contribution in [3.05, 3.63) is 47.6 Å². The van der Waals surface area contributed by atoms with Crippen molar-refractivity contribution in [3.63, 3.8) is 0 Å². The van der Waals surface area contributed by atoms with Crippen molar-refractivity contribution >= 4 is 40.1 Å². The van der Waals surface area contributed by atoms with Crippen molar-refractivity contribution in [1.29, 1.82) is 0 Å². The average molecular weight is 364 g/mol. The van der Waals surface area contributed by atoms with E-state index in [2.05, 4.69) is 25.4 Å². The standard InChI is InChI=1S/C15H8ClF2N5O2/c16-14-9(17)3-10-8(4-19-22-10)13(14)7-1-2-12-20-11(6-23(12)5-7)21-15(24)25-18/h1-6H,(H,19,22)(H,21,24). The molecule has 0 radical (unpaired) electrons. The van der Waals surface area contributed by atoms with E-state index in [1.54, 1.807) is 28.9 Å². The quantitative estimate of drug-likeness (QED) is 0.561. The van der Waals surface area contributed by atoms with Crippen LogP contribution in [0.1, 0.15) is 0 Å². The monoisotopic (exact) mass is 363 g/mol. The van der Waals surface area contributed by atoms with E-state index < -0.39 is 11.9 Å². The second-order valence-electron chi connectivity index (χ2n) is 5.18. The van der Waals surface area contributed by atoms with Crippen molar-refractivity contribution < 1.29 is 18.7 Å². The number of imidazole rings is 1. The number of anilines is 1. The van der Waals surface area contributed by atoms with Crippen LogP contribution in [-0.4, -0.2) is 25.7 Å². The molecule has 0 atom stereocenters. The number of hydrogen-bond acceptors (Lipinski definition) is 4. The molecule has 0 spiro atoms. The smallest absolute Gasteiger partial charge is 0.304 e. The summed E-state index contributed by atoms with van der Waals surface area (Å²) in [6.07, 6.45) is 3.38. The molecular weight excluding hydrogens is 356 g/mol. The summed E-state index contributed by atoms with van der Waals surface area (Å²) in [6.45, 7) is 0. The molecule has 2 N–H and O–H groups in total. The summed E-state index contributed by atoms with van der Waals surface area (Å²) >= 11 is 6.15. The van der Waals surface area contributed by atoms with Gasteiger partial charge in [0.2, 0.25) is 0 Å². The van der Waals surface area contributed by atoms with Crippen LogP contribution in [-0.2, 0) is 4.94 Å². The lowest BCUT2D eigenvalue weighted by molar-refractivity contribution is -0.0544. The summed E-state index contributed by atoms with van der Waals surface area (Å²) in [5.74, 6) is -0.481. The van der Waals surface area contributed by atoms with Crippen molar-refractivity contribution in [3.8, 4) is 11.1 Å². The topological polar surface area (TPSA) is 84.3 Å². The molecule has 25 heavy (non-hydrogen) atoms. The minimum Gasteiger partial charge on any atom is -0.304 e. The highest BCUT2D eigenvalue weighted by Crippen LogP contribution is 2.36. The van der Waals surface area contributed by atoms with Gasteiger partial charge in [0, 0.05) is 33.3 Å². The number of rotatable bonds is 2. The van der Waals surface area contributed by atoms with Gasteiger partial charge in [-0.25, -0.2) is 19.1 Å². The number of nitrogens with zero attached hydrogens (tertiary/aromatic N) is 3. The fourth-order valence-corrected chi connectivity index (χ4v) is 2.90. The molecule has 3 aromatic heterocycles. The van der Waals surface area contributed by atoms with Gasteiger partial charge < -0.3 is 4.40 Å². The maximum absolute atomic E-state index is 14.1. The van der Waals surface area contributed by atoms with Gasteiger partial charge in [0.1, 0.15) is 11.5 Å². The van der Waals surface area contributed by atoms with Gasteiger partial charge in [-0.05, 0) is 12.1 Å². The number of nitrogens with one attached hydrogen (secondary N) is 2. The first-order valence-electron chi connectivity index (χ1n) is 6.96. The zero-order valence-electron chi connectivity index (χ0n) is 12.3. The van der Waals surface area contributed by atoms with E-state index in [9.17, 15) is 13.7 Å². The molecule has 3 heterocycles. The minimum absolute atomic E-state index is 0.0345. The fraction of sp³-hybridized carbons (Fsp3) is 0. The van der Waals surface area contributed by atoms with E-state index in [0.29, 0.717) is 27.7 Å². The number of benzene rings is 1. The lowest BCUT2D eigenvalue weighted by Crippen LogP contribution is -2.09. The van der Waals surface area contributed by atoms with Crippen LogP contribution in [0.15, 0.2) is 36.8 Å². The van der Waals surface area contributed by atoms with Gasteiger partial charge in [0.15, 0.2) is 5.82 Å². The number of carbonyl (C=O) groups excluding carboxylic acids is 1. The molecule has 7 nitrogen and oxygen atoms in total. The lowest BCUT2D eigenvalue weighted by Gasteiger charge is -2.08. The van der Waals surface area contributed by atoms with Crippen molar-refractivity contribution in [1.82, 2.24) is 19.6 Å². The number of H-pyrrole nitrogens is 1. The molecule has 4 aromatic rings. The van der Waals surface area contributed by atoms with Gasteiger partial charge >= 0.3 is 6.09 Å². The molecule has 0 aliphatic rings. The van der Waals surface area contributed by atoms with E-state index in [-0.39, 0.29) is 10.8 Å². The van der Waals surface area contributed by atoms with Crippen LogP contribution in [0.25, 0.3) is 27.7 Å². The summed E-state index contributed by atoms with van der Waals surface area (Å²) < 4.78 is 27.5. The largest absolute Gasteiger partial charge is 0.450 e. The maximum Gasteiger partial charge on any atom is 0.450 e. The highest BCUT2D eigenvalue weighted by molar-refractivity contribution is 6.35. The number of pyridine rings is 1. The highest BCUT2D eigenvalue weighted by atomic mass is 35.5. The lowest BCUT2D eigenvalue weighted by atomic mass is 10.0. The van der Waals surface area contributed by atoms with E-state index >= 15 is 0 Å². The highest BCUT2D eigenvalue weighted by Gasteiger charge is 2.16. The Kier molecular flexibility index (Phi) is 3.50. The van der Waals surface area contributed by atoms with Crippen LogP contribution >= 0.6 is 11.6 Å². The van der Waals surface area contributed by atoms with E-state index in [1.165, 1.54) is 12.3 Å². The van der Waals surface area contributed by atoms with Crippen LogP contribution in [0.4, 0.5) is 19.5 Å². The Morgan fingerprint density at radius 3 is 3.00 bits per heavy atom. The first-order valence-corrected chi connectivity index (χ1v) is 7.34. The summed E-state index contributed by atoms with van der Waals surface area (Å²) in [7, 11) is 0. The Labute approximate surface area is 143 Å². The molecule has 10 heteroatoms. The molecule has 4 rings (SSSR count). The van der Waals surface area contributed by atoms with Gasteiger partial charge in [-0.1, -0.05) is 11.6 Å². The number of aromatic nitrogens is 4. The summed E-state index contributed by atoms with van der Waals surface area (Å²) in [6, 6.07) is 4.62. The molecule has 0 unspecified atom stereocenters. The van der Waals surface area contributed by atoms with Crippen molar-refractivity contribution in [2.45, 2.75) is 0 Å². The van der Waals surface area contributed by atoms with Crippen molar-refractivity contribution in [2.24, 2.45) is 0 Å². The average Bonchev–Trinajstić information content (AvgIpc) is 3.21. The second kappa shape index (κ2) is 5.71. The van der Waals surface area contributed by atoms with Gasteiger partial charge in [0.25, 0.3) is 0 Å². The third-order valence-electron chi connectivity index (χ3n) is 3.68. The van der Waals surface area contributed by atoms with Crippen LogP contribution < -0.4 is 5.32 Å². The molecule has 0 aliphatic carbocycles. The van der Waals surface area contributed by atoms with E-state index in [1.807, 2.05) is 0 Å². The van der Waals surface area contributed by atoms with Crippen LogP contribution in [0.2, 0.25) is 5.02 Å². The minimum atomic E-state index is -1.28. The Morgan fingerprint density at radius 2 is 2.20 bits per heavy atom. The van der Waals surface area contributed by atoms with E-state index in [4.69, 9.17) is 11.6 Å². The first kappa shape index (κ1) is 15.3. The number of amides is 1. The maximum atomic E-state index is 14.1. The Balaban J connectivity index is 1.86. The zero-order valence-corrected chi connectivity index (χ0v) is 13.0.